The van der Waals surface area contributed by atoms with Crippen molar-refractivity contribution < 1.29 is 19.1 Å². The molecule has 1 amide bonds. The Morgan fingerprint density at radius 3 is 2.46 bits per heavy atom. The maximum absolute atomic E-state index is 12.3. The van der Waals surface area contributed by atoms with Gasteiger partial charge in [0.05, 0.1) is 6.04 Å². The molecule has 1 aliphatic rings. The first-order valence-corrected chi connectivity index (χ1v) is 8.21. The maximum atomic E-state index is 12.3. The van der Waals surface area contributed by atoms with Crippen molar-refractivity contribution in [3.63, 3.8) is 0 Å². The van der Waals surface area contributed by atoms with Crippen molar-refractivity contribution in [2.45, 2.75) is 52.2 Å². The Bertz CT molecular complexity index is 613. The second kappa shape index (κ2) is 7.51. The molecule has 1 atom stereocenters. The monoisotopic (exact) mass is 331 g/mol. The van der Waals surface area contributed by atoms with E-state index in [-0.39, 0.29) is 18.1 Å². The van der Waals surface area contributed by atoms with Crippen LogP contribution in [0.3, 0.4) is 0 Å². The van der Waals surface area contributed by atoms with Gasteiger partial charge in [-0.1, -0.05) is 24.3 Å². The van der Waals surface area contributed by atoms with Gasteiger partial charge in [0.15, 0.2) is 0 Å². The number of benzene rings is 1. The van der Waals surface area contributed by atoms with Crippen molar-refractivity contribution in [3.8, 4) is 5.75 Å². The summed E-state index contributed by atoms with van der Waals surface area (Å²) >= 11 is 0. The Morgan fingerprint density at radius 2 is 1.88 bits per heavy atom. The molecule has 5 nitrogen and oxygen atoms in total. The molecule has 1 aromatic rings. The van der Waals surface area contributed by atoms with E-state index < -0.39 is 5.60 Å². The predicted octanol–water partition coefficient (Wildman–Crippen LogP) is 4.02. The Morgan fingerprint density at radius 1 is 1.21 bits per heavy atom. The molecule has 0 N–H and O–H groups in total. The van der Waals surface area contributed by atoms with Gasteiger partial charge in [0.1, 0.15) is 11.4 Å². The zero-order valence-electron chi connectivity index (χ0n) is 14.7. The van der Waals surface area contributed by atoms with Crippen molar-refractivity contribution in [1.29, 1.82) is 0 Å². The summed E-state index contributed by atoms with van der Waals surface area (Å²) < 4.78 is 10.5. The SMILES string of the molecule is CC(=O)Oc1ccc(/C=C/C2CCCN2C(=O)OC(C)(C)C)cc1. The van der Waals surface area contributed by atoms with Crippen LogP contribution in [0.1, 0.15) is 46.1 Å². The summed E-state index contributed by atoms with van der Waals surface area (Å²) in [6.07, 6.45) is 5.64. The molecule has 130 valence electrons. The molecule has 0 saturated carbocycles. The molecular formula is C19H25NO4. The predicted molar refractivity (Wildman–Crippen MR) is 92.7 cm³/mol. The minimum Gasteiger partial charge on any atom is -0.444 e. The van der Waals surface area contributed by atoms with Crippen LogP contribution in [0.5, 0.6) is 5.75 Å². The second-order valence-electron chi connectivity index (χ2n) is 6.91. The number of hydrogen-bond donors (Lipinski definition) is 0. The molecule has 0 aliphatic carbocycles. The van der Waals surface area contributed by atoms with E-state index in [1.165, 1.54) is 6.92 Å². The highest BCUT2D eigenvalue weighted by molar-refractivity contribution is 5.70. The second-order valence-corrected chi connectivity index (χ2v) is 6.91. The van der Waals surface area contributed by atoms with E-state index in [4.69, 9.17) is 9.47 Å². The van der Waals surface area contributed by atoms with E-state index in [1.54, 1.807) is 17.0 Å². The van der Waals surface area contributed by atoms with Crippen LogP contribution in [-0.4, -0.2) is 35.2 Å². The van der Waals surface area contributed by atoms with Crippen LogP contribution in [0.15, 0.2) is 30.3 Å². The highest BCUT2D eigenvalue weighted by Crippen LogP contribution is 2.23. The van der Waals surface area contributed by atoms with Gasteiger partial charge in [-0.15, -0.1) is 0 Å². The van der Waals surface area contributed by atoms with E-state index in [1.807, 2.05) is 45.1 Å². The summed E-state index contributed by atoms with van der Waals surface area (Å²) in [5, 5.41) is 0. The highest BCUT2D eigenvalue weighted by Gasteiger charge is 2.30. The van der Waals surface area contributed by atoms with Gasteiger partial charge in [-0.3, -0.25) is 4.79 Å². The Labute approximate surface area is 143 Å². The average Bonchev–Trinajstić information content (AvgIpc) is 2.93. The number of carbonyl (C=O) groups is 2. The quantitative estimate of drug-likeness (QED) is 0.620. The molecule has 1 fully saturated rings. The van der Waals surface area contributed by atoms with Crippen LogP contribution in [0.2, 0.25) is 0 Å². The first-order chi connectivity index (χ1) is 11.2. The smallest absolute Gasteiger partial charge is 0.410 e. The Balaban J connectivity index is 1.99. The zero-order valence-corrected chi connectivity index (χ0v) is 14.7. The summed E-state index contributed by atoms with van der Waals surface area (Å²) in [5.41, 5.74) is 0.502. The van der Waals surface area contributed by atoms with Gasteiger partial charge in [0.25, 0.3) is 0 Å². The molecule has 1 unspecified atom stereocenters. The largest absolute Gasteiger partial charge is 0.444 e. The fourth-order valence-corrected chi connectivity index (χ4v) is 2.57. The Hall–Kier alpha value is -2.30. The number of amides is 1. The van der Waals surface area contributed by atoms with Crippen molar-refractivity contribution in [2.75, 3.05) is 6.54 Å². The normalized spacial score (nSPS) is 18.0. The molecule has 24 heavy (non-hydrogen) atoms. The van der Waals surface area contributed by atoms with Crippen LogP contribution < -0.4 is 4.74 Å². The lowest BCUT2D eigenvalue weighted by Gasteiger charge is -2.27. The summed E-state index contributed by atoms with van der Waals surface area (Å²) in [6.45, 7) is 7.71. The number of hydrogen-bond acceptors (Lipinski definition) is 4. The van der Waals surface area contributed by atoms with E-state index >= 15 is 0 Å². The molecule has 1 aliphatic heterocycles. The summed E-state index contributed by atoms with van der Waals surface area (Å²) in [4.78, 5) is 24.9. The molecule has 0 spiro atoms. The van der Waals surface area contributed by atoms with Crippen LogP contribution in [-0.2, 0) is 9.53 Å². The van der Waals surface area contributed by atoms with E-state index in [9.17, 15) is 9.59 Å². The van der Waals surface area contributed by atoms with Gasteiger partial charge >= 0.3 is 12.1 Å². The van der Waals surface area contributed by atoms with Crippen LogP contribution in [0.4, 0.5) is 4.79 Å². The molecule has 0 aromatic heterocycles. The van der Waals surface area contributed by atoms with E-state index in [0.29, 0.717) is 5.75 Å². The van der Waals surface area contributed by atoms with Gasteiger partial charge in [0, 0.05) is 13.5 Å². The van der Waals surface area contributed by atoms with E-state index in [2.05, 4.69) is 0 Å². The van der Waals surface area contributed by atoms with Gasteiger partial charge < -0.3 is 14.4 Å². The molecule has 0 radical (unpaired) electrons. The highest BCUT2D eigenvalue weighted by atomic mass is 16.6. The fourth-order valence-electron chi connectivity index (χ4n) is 2.57. The number of rotatable bonds is 3. The van der Waals surface area contributed by atoms with Crippen molar-refractivity contribution >= 4 is 18.1 Å². The molecule has 0 bridgehead atoms. The average molecular weight is 331 g/mol. The lowest BCUT2D eigenvalue weighted by atomic mass is 10.1. The van der Waals surface area contributed by atoms with Gasteiger partial charge in [-0.05, 0) is 51.3 Å². The molecular weight excluding hydrogens is 306 g/mol. The lowest BCUT2D eigenvalue weighted by Crippen LogP contribution is -2.39. The van der Waals surface area contributed by atoms with Crippen molar-refractivity contribution in [2.24, 2.45) is 0 Å². The van der Waals surface area contributed by atoms with Crippen molar-refractivity contribution in [1.82, 2.24) is 4.90 Å². The molecule has 2 rings (SSSR count). The molecule has 1 heterocycles. The molecule has 1 saturated heterocycles. The minimum absolute atomic E-state index is 0.0491. The number of carbonyl (C=O) groups excluding carboxylic acids is 2. The topological polar surface area (TPSA) is 55.8 Å². The maximum Gasteiger partial charge on any atom is 0.410 e. The molecule has 1 aromatic carbocycles. The van der Waals surface area contributed by atoms with Gasteiger partial charge in [0.2, 0.25) is 0 Å². The first kappa shape index (κ1) is 18.0. The van der Waals surface area contributed by atoms with Gasteiger partial charge in [-0.25, -0.2) is 4.79 Å². The summed E-state index contributed by atoms with van der Waals surface area (Å²) in [7, 11) is 0. The van der Waals surface area contributed by atoms with Crippen LogP contribution in [0.25, 0.3) is 6.08 Å². The third kappa shape index (κ3) is 5.41. The zero-order chi connectivity index (χ0) is 17.7. The summed E-state index contributed by atoms with van der Waals surface area (Å²) in [6, 6.07) is 7.30. The van der Waals surface area contributed by atoms with E-state index in [0.717, 1.165) is 24.9 Å². The third-order valence-corrected chi connectivity index (χ3v) is 3.58. The third-order valence-electron chi connectivity index (χ3n) is 3.58. The minimum atomic E-state index is -0.486. The number of nitrogens with zero attached hydrogens (tertiary/aromatic N) is 1. The first-order valence-electron chi connectivity index (χ1n) is 8.21. The standard InChI is InChI=1S/C19H25NO4/c1-14(21)23-17-11-8-15(9-12-17)7-10-16-6-5-13-20(16)18(22)24-19(2,3)4/h7-12,16H,5-6,13H2,1-4H3/b10-7+. The number of likely N-dealkylation sites (tertiary alicyclic amines) is 1. The molecule has 5 heteroatoms. The summed E-state index contributed by atoms with van der Waals surface area (Å²) in [5.74, 6) is 0.188. The van der Waals surface area contributed by atoms with Gasteiger partial charge in [-0.2, -0.15) is 0 Å². The Kier molecular flexibility index (Phi) is 5.65. The number of esters is 1. The van der Waals surface area contributed by atoms with Crippen LogP contribution in [0, 0.1) is 0 Å². The van der Waals surface area contributed by atoms with Crippen LogP contribution >= 0.6 is 0 Å². The fraction of sp³-hybridized carbons (Fsp3) is 0.474. The van der Waals surface area contributed by atoms with Crippen molar-refractivity contribution in [3.05, 3.63) is 35.9 Å². The number of ether oxygens (including phenoxy) is 2. The lowest BCUT2D eigenvalue weighted by molar-refractivity contribution is -0.131.